The summed E-state index contributed by atoms with van der Waals surface area (Å²) < 4.78 is 36.8. The van der Waals surface area contributed by atoms with Gasteiger partial charge in [-0.25, -0.2) is 0 Å². The average molecular weight is 259 g/mol. The number of nitrogens with one attached hydrogen (secondary N) is 1. The maximum Gasteiger partial charge on any atom is 0.416 e. The number of rotatable bonds is 2. The number of nitrogens with two attached hydrogens (primary N) is 1. The molecule has 0 heterocycles. The Labute approximate surface area is 95.8 Å². The van der Waals surface area contributed by atoms with E-state index in [2.05, 4.69) is 5.43 Å². The zero-order valence-corrected chi connectivity index (χ0v) is 9.39. The standard InChI is InChI=1S/C8H9F3N2S.ClH/c1-14-7-3-2-5(8(9,10)11)4-6(7)13-12;/h2-4,13H,12H2,1H3;1H. The van der Waals surface area contributed by atoms with E-state index < -0.39 is 11.7 Å². The molecule has 0 spiro atoms. The molecule has 0 amide bonds. The molecule has 0 saturated heterocycles. The lowest BCUT2D eigenvalue weighted by Crippen LogP contribution is -2.11. The monoisotopic (exact) mass is 258 g/mol. The van der Waals surface area contributed by atoms with Gasteiger partial charge in [0.15, 0.2) is 0 Å². The van der Waals surface area contributed by atoms with Crippen LogP contribution in [0, 0.1) is 0 Å². The number of hydrogen-bond acceptors (Lipinski definition) is 3. The molecule has 0 unspecified atom stereocenters. The van der Waals surface area contributed by atoms with Crippen molar-refractivity contribution in [3.05, 3.63) is 23.8 Å². The number of nitrogen functional groups attached to an aromatic ring is 1. The molecule has 0 atom stereocenters. The van der Waals surface area contributed by atoms with Crippen LogP contribution in [0.4, 0.5) is 18.9 Å². The Morgan fingerprint density at radius 2 is 1.93 bits per heavy atom. The summed E-state index contributed by atoms with van der Waals surface area (Å²) in [4.78, 5) is 0.681. The van der Waals surface area contributed by atoms with Crippen LogP contribution in [-0.4, -0.2) is 6.26 Å². The number of hydrogen-bond donors (Lipinski definition) is 2. The molecule has 0 aliphatic heterocycles. The van der Waals surface area contributed by atoms with Crippen LogP contribution < -0.4 is 11.3 Å². The van der Waals surface area contributed by atoms with E-state index in [1.165, 1.54) is 17.8 Å². The molecule has 1 aromatic carbocycles. The lowest BCUT2D eigenvalue weighted by atomic mass is 10.2. The van der Waals surface area contributed by atoms with Crippen molar-refractivity contribution in [1.82, 2.24) is 0 Å². The molecule has 2 nitrogen and oxygen atoms in total. The van der Waals surface area contributed by atoms with Crippen LogP contribution in [0.5, 0.6) is 0 Å². The Morgan fingerprint density at radius 3 is 2.33 bits per heavy atom. The number of benzene rings is 1. The average Bonchev–Trinajstić information content (AvgIpc) is 2.15. The van der Waals surface area contributed by atoms with Crippen LogP contribution in [0.3, 0.4) is 0 Å². The van der Waals surface area contributed by atoms with Gasteiger partial charge in [-0.2, -0.15) is 13.2 Å². The smallest absolute Gasteiger partial charge is 0.323 e. The largest absolute Gasteiger partial charge is 0.416 e. The fraction of sp³-hybridized carbons (Fsp3) is 0.250. The van der Waals surface area contributed by atoms with Crippen molar-refractivity contribution in [1.29, 1.82) is 0 Å². The molecule has 0 aliphatic rings. The van der Waals surface area contributed by atoms with E-state index in [0.717, 1.165) is 12.1 Å². The van der Waals surface area contributed by atoms with Crippen molar-refractivity contribution < 1.29 is 13.2 Å². The molecule has 1 aromatic rings. The third kappa shape index (κ3) is 3.48. The van der Waals surface area contributed by atoms with Crippen LogP contribution >= 0.6 is 24.2 Å². The van der Waals surface area contributed by atoms with Gasteiger partial charge in [0.1, 0.15) is 0 Å². The van der Waals surface area contributed by atoms with E-state index in [9.17, 15) is 13.2 Å². The minimum absolute atomic E-state index is 0. The van der Waals surface area contributed by atoms with Gasteiger partial charge in [0.05, 0.1) is 11.3 Å². The molecule has 0 radical (unpaired) electrons. The van der Waals surface area contributed by atoms with Crippen molar-refractivity contribution in [2.24, 2.45) is 5.84 Å². The summed E-state index contributed by atoms with van der Waals surface area (Å²) in [6, 6.07) is 3.42. The van der Waals surface area contributed by atoms with Crippen LogP contribution in [0.2, 0.25) is 0 Å². The van der Waals surface area contributed by atoms with E-state index in [0.29, 0.717) is 4.90 Å². The molecule has 3 N–H and O–H groups in total. The normalized spacial score (nSPS) is 10.7. The van der Waals surface area contributed by atoms with Gasteiger partial charge in [-0.3, -0.25) is 5.84 Å². The lowest BCUT2D eigenvalue weighted by Gasteiger charge is -2.11. The van der Waals surface area contributed by atoms with E-state index >= 15 is 0 Å². The molecule has 0 fully saturated rings. The summed E-state index contributed by atoms with van der Waals surface area (Å²) in [6.45, 7) is 0. The molecule has 15 heavy (non-hydrogen) atoms. The summed E-state index contributed by atoms with van der Waals surface area (Å²) in [6.07, 6.45) is -2.56. The van der Waals surface area contributed by atoms with Gasteiger partial charge in [-0.15, -0.1) is 24.2 Å². The number of anilines is 1. The molecule has 7 heteroatoms. The number of alkyl halides is 3. The van der Waals surface area contributed by atoms with Gasteiger partial charge in [-0.05, 0) is 24.5 Å². The topological polar surface area (TPSA) is 38.0 Å². The molecule has 0 aromatic heterocycles. The van der Waals surface area contributed by atoms with E-state index in [1.54, 1.807) is 6.26 Å². The maximum absolute atomic E-state index is 12.3. The SMILES string of the molecule is CSc1ccc(C(F)(F)F)cc1NN.Cl. The highest BCUT2D eigenvalue weighted by molar-refractivity contribution is 7.98. The Bertz CT molecular complexity index is 330. The third-order valence-corrected chi connectivity index (χ3v) is 2.48. The van der Waals surface area contributed by atoms with Crippen molar-refractivity contribution >= 4 is 29.9 Å². The molecule has 86 valence electrons. The summed E-state index contributed by atoms with van der Waals surface area (Å²) in [5.41, 5.74) is 1.82. The van der Waals surface area contributed by atoms with Gasteiger partial charge >= 0.3 is 6.18 Å². The first-order chi connectivity index (χ1) is 6.49. The summed E-state index contributed by atoms with van der Waals surface area (Å²) in [7, 11) is 0. The van der Waals surface area contributed by atoms with Crippen LogP contribution in [-0.2, 0) is 6.18 Å². The zero-order valence-electron chi connectivity index (χ0n) is 7.76. The molecular weight excluding hydrogens is 249 g/mol. The lowest BCUT2D eigenvalue weighted by molar-refractivity contribution is -0.137. The second-order valence-corrected chi connectivity index (χ2v) is 3.41. The van der Waals surface area contributed by atoms with Gasteiger partial charge in [0, 0.05) is 4.90 Å². The Hall–Kier alpha value is -0.590. The van der Waals surface area contributed by atoms with Crippen LogP contribution in [0.15, 0.2) is 23.1 Å². The van der Waals surface area contributed by atoms with Crippen molar-refractivity contribution in [2.75, 3.05) is 11.7 Å². The van der Waals surface area contributed by atoms with Crippen LogP contribution in [0.1, 0.15) is 5.56 Å². The van der Waals surface area contributed by atoms with E-state index in [-0.39, 0.29) is 18.1 Å². The zero-order chi connectivity index (χ0) is 10.8. The fourth-order valence-corrected chi connectivity index (χ4v) is 1.54. The summed E-state index contributed by atoms with van der Waals surface area (Å²) in [5.74, 6) is 5.11. The molecule has 0 saturated carbocycles. The van der Waals surface area contributed by atoms with Gasteiger partial charge in [0.25, 0.3) is 0 Å². The van der Waals surface area contributed by atoms with Crippen molar-refractivity contribution in [3.63, 3.8) is 0 Å². The Balaban J connectivity index is 0.00000196. The summed E-state index contributed by atoms with van der Waals surface area (Å²) >= 11 is 1.33. The maximum atomic E-state index is 12.3. The molecule has 0 aliphatic carbocycles. The van der Waals surface area contributed by atoms with Crippen LogP contribution in [0.25, 0.3) is 0 Å². The fourth-order valence-electron chi connectivity index (χ4n) is 0.997. The second kappa shape index (κ2) is 5.48. The molecule has 0 bridgehead atoms. The van der Waals surface area contributed by atoms with Crippen molar-refractivity contribution in [2.45, 2.75) is 11.1 Å². The third-order valence-electron chi connectivity index (χ3n) is 1.68. The molecule has 1 rings (SSSR count). The van der Waals surface area contributed by atoms with E-state index in [1.807, 2.05) is 0 Å². The predicted molar refractivity (Wildman–Crippen MR) is 58.3 cm³/mol. The van der Waals surface area contributed by atoms with Crippen molar-refractivity contribution in [3.8, 4) is 0 Å². The Kier molecular flexibility index (Phi) is 5.27. The predicted octanol–water partition coefficient (Wildman–Crippen LogP) is 3.13. The number of halogens is 4. The first kappa shape index (κ1) is 14.4. The highest BCUT2D eigenvalue weighted by Crippen LogP contribution is 2.34. The highest BCUT2D eigenvalue weighted by Gasteiger charge is 2.30. The van der Waals surface area contributed by atoms with Gasteiger partial charge in [-0.1, -0.05) is 0 Å². The van der Waals surface area contributed by atoms with Gasteiger partial charge < -0.3 is 5.43 Å². The first-order valence-electron chi connectivity index (χ1n) is 3.71. The second-order valence-electron chi connectivity index (χ2n) is 2.56. The molecular formula is C8H10ClF3N2S. The first-order valence-corrected chi connectivity index (χ1v) is 4.93. The number of hydrazine groups is 1. The van der Waals surface area contributed by atoms with E-state index in [4.69, 9.17) is 5.84 Å². The minimum atomic E-state index is -4.33. The quantitative estimate of drug-likeness (QED) is 0.486. The Morgan fingerprint density at radius 1 is 1.33 bits per heavy atom. The van der Waals surface area contributed by atoms with Gasteiger partial charge in [0.2, 0.25) is 0 Å². The number of thioether (sulfide) groups is 1. The summed E-state index contributed by atoms with van der Waals surface area (Å²) in [5, 5.41) is 0. The highest BCUT2D eigenvalue weighted by atomic mass is 35.5. The minimum Gasteiger partial charge on any atom is -0.323 e.